The molecule has 0 radical (unpaired) electrons. The van der Waals surface area contributed by atoms with Gasteiger partial charge in [-0.05, 0) is 35.4 Å². The molecule has 4 heteroatoms. The van der Waals surface area contributed by atoms with Gasteiger partial charge in [-0.2, -0.15) is 0 Å². The van der Waals surface area contributed by atoms with Crippen LogP contribution in [0.25, 0.3) is 0 Å². The first-order valence-corrected chi connectivity index (χ1v) is 6.54. The minimum absolute atomic E-state index is 0.125. The topological polar surface area (TPSA) is 12.0 Å². The van der Waals surface area contributed by atoms with Gasteiger partial charge in [-0.15, -0.1) is 11.6 Å². The molecule has 0 spiro atoms. The average Bonchev–Trinajstić information content (AvgIpc) is 2.43. The minimum Gasteiger partial charge on any atom is -0.305 e. The van der Waals surface area contributed by atoms with E-state index in [4.69, 9.17) is 11.6 Å². The molecule has 0 saturated carbocycles. The van der Waals surface area contributed by atoms with Crippen molar-refractivity contribution in [1.82, 2.24) is 5.32 Å². The zero-order valence-corrected chi connectivity index (χ0v) is 11.0. The summed E-state index contributed by atoms with van der Waals surface area (Å²) in [6.07, 6.45) is 0. The summed E-state index contributed by atoms with van der Waals surface area (Å²) in [7, 11) is 0. The van der Waals surface area contributed by atoms with Gasteiger partial charge in [0, 0.05) is 12.4 Å². The molecule has 0 saturated heterocycles. The van der Waals surface area contributed by atoms with Gasteiger partial charge in [0.25, 0.3) is 0 Å². The number of hydrogen-bond donors (Lipinski definition) is 1. The van der Waals surface area contributed by atoms with E-state index >= 15 is 0 Å². The van der Waals surface area contributed by atoms with Gasteiger partial charge < -0.3 is 5.32 Å². The molecule has 0 aromatic heterocycles. The van der Waals surface area contributed by atoms with Crippen LogP contribution in [0.2, 0.25) is 0 Å². The van der Waals surface area contributed by atoms with E-state index in [-0.39, 0.29) is 17.7 Å². The van der Waals surface area contributed by atoms with Crippen molar-refractivity contribution >= 4 is 11.6 Å². The molecule has 1 nitrogen and oxygen atoms in total. The van der Waals surface area contributed by atoms with Crippen molar-refractivity contribution in [2.45, 2.75) is 6.04 Å². The van der Waals surface area contributed by atoms with E-state index in [0.29, 0.717) is 12.4 Å². The fourth-order valence-electron chi connectivity index (χ4n) is 1.94. The van der Waals surface area contributed by atoms with E-state index in [0.717, 1.165) is 11.1 Å². The Bertz CT molecular complexity index is 465. The number of halogens is 3. The normalized spacial score (nSPS) is 10.9. The maximum absolute atomic E-state index is 13.0. The molecular formula is C15H14ClF2N. The Labute approximate surface area is 116 Å². The third-order valence-electron chi connectivity index (χ3n) is 2.85. The maximum atomic E-state index is 13.0. The molecule has 0 amide bonds. The molecule has 0 fully saturated rings. The maximum Gasteiger partial charge on any atom is 0.123 e. The van der Waals surface area contributed by atoms with Gasteiger partial charge in [0.1, 0.15) is 11.6 Å². The van der Waals surface area contributed by atoms with E-state index in [9.17, 15) is 8.78 Å². The highest BCUT2D eigenvalue weighted by molar-refractivity contribution is 6.18. The molecule has 0 unspecified atom stereocenters. The van der Waals surface area contributed by atoms with Crippen LogP contribution < -0.4 is 5.32 Å². The van der Waals surface area contributed by atoms with Crippen LogP contribution >= 0.6 is 11.6 Å². The van der Waals surface area contributed by atoms with Crippen LogP contribution in [-0.4, -0.2) is 12.4 Å². The van der Waals surface area contributed by atoms with E-state index in [2.05, 4.69) is 5.32 Å². The SMILES string of the molecule is Fc1ccc(C(NCCCl)c2ccc(F)cc2)cc1. The van der Waals surface area contributed by atoms with Crippen molar-refractivity contribution in [3.05, 3.63) is 71.3 Å². The quantitative estimate of drug-likeness (QED) is 0.820. The molecule has 2 aromatic rings. The molecule has 0 bridgehead atoms. The molecule has 2 rings (SSSR count). The molecule has 0 aliphatic carbocycles. The zero-order chi connectivity index (χ0) is 13.7. The summed E-state index contributed by atoms with van der Waals surface area (Å²) in [5.74, 6) is -0.0864. The average molecular weight is 282 g/mol. The predicted octanol–water partition coefficient (Wildman–Crippen LogP) is 3.88. The Morgan fingerprint density at radius 2 is 1.26 bits per heavy atom. The largest absolute Gasteiger partial charge is 0.305 e. The summed E-state index contributed by atoms with van der Waals surface area (Å²) in [6, 6.07) is 12.4. The molecule has 0 heterocycles. The fraction of sp³-hybridized carbons (Fsp3) is 0.200. The van der Waals surface area contributed by atoms with Crippen molar-refractivity contribution in [2.75, 3.05) is 12.4 Å². The van der Waals surface area contributed by atoms with Crippen LogP contribution in [0.4, 0.5) is 8.78 Å². The Balaban J connectivity index is 2.29. The van der Waals surface area contributed by atoms with Gasteiger partial charge in [-0.3, -0.25) is 0 Å². The second-order valence-electron chi connectivity index (χ2n) is 4.18. The molecular weight excluding hydrogens is 268 g/mol. The third kappa shape index (κ3) is 3.75. The summed E-state index contributed by atoms with van der Waals surface area (Å²) in [5.41, 5.74) is 1.83. The van der Waals surface area contributed by atoms with Crippen molar-refractivity contribution in [3.63, 3.8) is 0 Å². The fourth-order valence-corrected chi connectivity index (χ4v) is 2.05. The lowest BCUT2D eigenvalue weighted by molar-refractivity contribution is 0.608. The van der Waals surface area contributed by atoms with Gasteiger partial charge in [0.2, 0.25) is 0 Å². The van der Waals surface area contributed by atoms with Crippen molar-refractivity contribution in [2.24, 2.45) is 0 Å². The third-order valence-corrected chi connectivity index (χ3v) is 3.04. The monoisotopic (exact) mass is 281 g/mol. The van der Waals surface area contributed by atoms with Crippen molar-refractivity contribution < 1.29 is 8.78 Å². The number of hydrogen-bond acceptors (Lipinski definition) is 1. The summed E-state index contributed by atoms with van der Waals surface area (Å²) < 4.78 is 25.9. The van der Waals surface area contributed by atoms with Crippen LogP contribution in [0.1, 0.15) is 17.2 Å². The molecule has 19 heavy (non-hydrogen) atoms. The smallest absolute Gasteiger partial charge is 0.123 e. The molecule has 0 aliphatic heterocycles. The highest BCUT2D eigenvalue weighted by Gasteiger charge is 2.13. The Hall–Kier alpha value is -1.45. The molecule has 0 atom stereocenters. The molecule has 1 N–H and O–H groups in total. The van der Waals surface area contributed by atoms with Crippen molar-refractivity contribution in [3.8, 4) is 0 Å². The van der Waals surface area contributed by atoms with Gasteiger partial charge in [-0.1, -0.05) is 24.3 Å². The first-order valence-electron chi connectivity index (χ1n) is 6.01. The summed E-state index contributed by atoms with van der Waals surface area (Å²) in [5, 5.41) is 3.26. The van der Waals surface area contributed by atoms with E-state index in [1.165, 1.54) is 24.3 Å². The van der Waals surface area contributed by atoms with Crippen LogP contribution in [0.15, 0.2) is 48.5 Å². The second-order valence-corrected chi connectivity index (χ2v) is 4.56. The van der Waals surface area contributed by atoms with E-state index in [1.807, 2.05) is 0 Å². The van der Waals surface area contributed by atoms with Crippen LogP contribution in [0.5, 0.6) is 0 Å². The summed E-state index contributed by atoms with van der Waals surface area (Å²) in [6.45, 7) is 0.612. The Morgan fingerprint density at radius 3 is 1.63 bits per heavy atom. The van der Waals surface area contributed by atoms with E-state index < -0.39 is 0 Å². The van der Waals surface area contributed by atoms with Crippen LogP contribution in [0, 0.1) is 11.6 Å². The zero-order valence-electron chi connectivity index (χ0n) is 10.2. The van der Waals surface area contributed by atoms with Gasteiger partial charge in [-0.25, -0.2) is 8.78 Å². The van der Waals surface area contributed by atoms with Gasteiger partial charge >= 0.3 is 0 Å². The predicted molar refractivity (Wildman–Crippen MR) is 73.4 cm³/mol. The minimum atomic E-state index is -0.279. The Kier molecular flexibility index (Phi) is 4.88. The van der Waals surface area contributed by atoms with Crippen LogP contribution in [0.3, 0.4) is 0 Å². The van der Waals surface area contributed by atoms with E-state index in [1.54, 1.807) is 24.3 Å². The molecule has 100 valence electrons. The highest BCUT2D eigenvalue weighted by Crippen LogP contribution is 2.22. The van der Waals surface area contributed by atoms with Crippen molar-refractivity contribution in [1.29, 1.82) is 0 Å². The lowest BCUT2D eigenvalue weighted by atomic mass is 9.98. The second kappa shape index (κ2) is 6.64. The first kappa shape index (κ1) is 14.0. The highest BCUT2D eigenvalue weighted by atomic mass is 35.5. The number of alkyl halides is 1. The molecule has 0 aliphatic rings. The van der Waals surface area contributed by atoms with Gasteiger partial charge in [0.15, 0.2) is 0 Å². The lowest BCUT2D eigenvalue weighted by Gasteiger charge is -2.19. The Morgan fingerprint density at radius 1 is 0.842 bits per heavy atom. The summed E-state index contributed by atoms with van der Waals surface area (Å²) >= 11 is 5.69. The summed E-state index contributed by atoms with van der Waals surface area (Å²) in [4.78, 5) is 0. The van der Waals surface area contributed by atoms with Gasteiger partial charge in [0.05, 0.1) is 6.04 Å². The standard InChI is InChI=1S/C15H14ClF2N/c16-9-10-19-15(11-1-5-13(17)6-2-11)12-3-7-14(18)8-4-12/h1-8,15,19H,9-10H2. The number of nitrogens with one attached hydrogen (secondary N) is 1. The lowest BCUT2D eigenvalue weighted by Crippen LogP contribution is -2.24. The number of rotatable bonds is 5. The first-order chi connectivity index (χ1) is 9.20. The van der Waals surface area contributed by atoms with Crippen LogP contribution in [-0.2, 0) is 0 Å². The molecule has 2 aromatic carbocycles. The number of benzene rings is 2.